The van der Waals surface area contributed by atoms with Crippen LogP contribution in [0.2, 0.25) is 0 Å². The summed E-state index contributed by atoms with van der Waals surface area (Å²) in [7, 11) is 0. The van der Waals surface area contributed by atoms with Crippen molar-refractivity contribution in [2.45, 2.75) is 25.8 Å². The predicted molar refractivity (Wildman–Crippen MR) is 72.7 cm³/mol. The molecule has 20 heavy (non-hydrogen) atoms. The molecule has 0 amide bonds. The van der Waals surface area contributed by atoms with Gasteiger partial charge in [0.15, 0.2) is 11.6 Å². The zero-order valence-corrected chi connectivity index (χ0v) is 11.4. The van der Waals surface area contributed by atoms with Gasteiger partial charge in [-0.1, -0.05) is 24.3 Å². The molecule has 1 nitrogen and oxygen atoms in total. The summed E-state index contributed by atoms with van der Waals surface area (Å²) in [6.45, 7) is 3.32. The number of hydrogen-bond donors (Lipinski definition) is 1. The van der Waals surface area contributed by atoms with Gasteiger partial charge in [-0.2, -0.15) is 0 Å². The maximum absolute atomic E-state index is 13.7. The molecule has 0 bridgehead atoms. The summed E-state index contributed by atoms with van der Waals surface area (Å²) in [6.07, 6.45) is 0.0824. The van der Waals surface area contributed by atoms with Gasteiger partial charge in [0.2, 0.25) is 0 Å². The second-order valence-corrected chi connectivity index (χ2v) is 5.27. The van der Waals surface area contributed by atoms with Crippen LogP contribution in [0.4, 0.5) is 13.2 Å². The first kappa shape index (κ1) is 14.6. The van der Waals surface area contributed by atoms with Crippen molar-refractivity contribution in [1.82, 2.24) is 0 Å². The van der Waals surface area contributed by atoms with Crippen molar-refractivity contribution < 1.29 is 13.2 Å². The molecule has 0 aliphatic heterocycles. The summed E-state index contributed by atoms with van der Waals surface area (Å²) >= 11 is 0. The SMILES string of the molecule is Cc1ccc(C(C)(N)Cc2cccc(F)c2F)cc1F. The van der Waals surface area contributed by atoms with E-state index in [1.54, 1.807) is 26.0 Å². The van der Waals surface area contributed by atoms with Crippen molar-refractivity contribution in [3.8, 4) is 0 Å². The lowest BCUT2D eigenvalue weighted by Gasteiger charge is -2.26. The Hall–Kier alpha value is -1.81. The van der Waals surface area contributed by atoms with E-state index < -0.39 is 17.2 Å². The minimum absolute atomic E-state index is 0.0824. The minimum atomic E-state index is -0.983. The minimum Gasteiger partial charge on any atom is -0.321 e. The van der Waals surface area contributed by atoms with E-state index in [4.69, 9.17) is 5.73 Å². The third-order valence-corrected chi connectivity index (χ3v) is 3.42. The van der Waals surface area contributed by atoms with Gasteiger partial charge < -0.3 is 5.73 Å². The molecule has 2 aromatic carbocycles. The Morgan fingerprint density at radius 1 is 1.05 bits per heavy atom. The second kappa shape index (κ2) is 5.29. The van der Waals surface area contributed by atoms with Crippen molar-refractivity contribution in [3.63, 3.8) is 0 Å². The van der Waals surface area contributed by atoms with E-state index in [1.165, 1.54) is 18.2 Å². The van der Waals surface area contributed by atoms with E-state index in [1.807, 2.05) is 0 Å². The first-order valence-electron chi connectivity index (χ1n) is 6.29. The molecule has 0 aliphatic rings. The molecule has 0 aromatic heterocycles. The van der Waals surface area contributed by atoms with Gasteiger partial charge in [-0.15, -0.1) is 0 Å². The summed E-state index contributed by atoms with van der Waals surface area (Å²) in [6, 6.07) is 8.63. The lowest BCUT2D eigenvalue weighted by molar-refractivity contribution is 0.451. The zero-order chi connectivity index (χ0) is 14.9. The normalized spacial score (nSPS) is 14.1. The van der Waals surface area contributed by atoms with Gasteiger partial charge in [0.05, 0.1) is 0 Å². The molecular formula is C16H16F3N. The van der Waals surface area contributed by atoms with E-state index in [2.05, 4.69) is 0 Å². The topological polar surface area (TPSA) is 26.0 Å². The lowest BCUT2D eigenvalue weighted by Crippen LogP contribution is -2.36. The largest absolute Gasteiger partial charge is 0.321 e. The van der Waals surface area contributed by atoms with Crippen LogP contribution in [0.3, 0.4) is 0 Å². The van der Waals surface area contributed by atoms with Crippen LogP contribution in [0.25, 0.3) is 0 Å². The summed E-state index contributed by atoms with van der Waals surface area (Å²) in [5, 5.41) is 0. The van der Waals surface area contributed by atoms with Crippen LogP contribution in [0.15, 0.2) is 36.4 Å². The molecular weight excluding hydrogens is 263 g/mol. The molecule has 2 aromatic rings. The Bertz CT molecular complexity index is 636. The number of aryl methyl sites for hydroxylation is 1. The molecule has 0 aliphatic carbocycles. The highest BCUT2D eigenvalue weighted by Gasteiger charge is 2.24. The average molecular weight is 279 g/mol. The quantitative estimate of drug-likeness (QED) is 0.908. The predicted octanol–water partition coefficient (Wildman–Crippen LogP) is 3.83. The van der Waals surface area contributed by atoms with Gasteiger partial charge in [-0.25, -0.2) is 13.2 Å². The average Bonchev–Trinajstić information content (AvgIpc) is 2.38. The molecule has 106 valence electrons. The van der Waals surface area contributed by atoms with Gasteiger partial charge in [0, 0.05) is 5.54 Å². The maximum atomic E-state index is 13.7. The van der Waals surface area contributed by atoms with Crippen LogP contribution >= 0.6 is 0 Å². The maximum Gasteiger partial charge on any atom is 0.162 e. The number of hydrogen-bond acceptors (Lipinski definition) is 1. The molecule has 0 saturated heterocycles. The summed E-state index contributed by atoms with van der Waals surface area (Å²) in [5.41, 5.74) is 6.41. The summed E-state index contributed by atoms with van der Waals surface area (Å²) < 4.78 is 40.5. The fraction of sp³-hybridized carbons (Fsp3) is 0.250. The van der Waals surface area contributed by atoms with Gasteiger partial charge >= 0.3 is 0 Å². The van der Waals surface area contributed by atoms with Crippen LogP contribution in [-0.4, -0.2) is 0 Å². The molecule has 0 radical (unpaired) electrons. The van der Waals surface area contributed by atoms with Crippen molar-refractivity contribution in [1.29, 1.82) is 0 Å². The van der Waals surface area contributed by atoms with E-state index in [0.717, 1.165) is 6.07 Å². The van der Waals surface area contributed by atoms with E-state index >= 15 is 0 Å². The van der Waals surface area contributed by atoms with E-state index in [9.17, 15) is 13.2 Å². The molecule has 0 fully saturated rings. The first-order chi connectivity index (χ1) is 9.31. The van der Waals surface area contributed by atoms with Crippen molar-refractivity contribution >= 4 is 0 Å². The summed E-state index contributed by atoms with van der Waals surface area (Å²) in [5.74, 6) is -2.18. The highest BCUT2D eigenvalue weighted by Crippen LogP contribution is 2.26. The van der Waals surface area contributed by atoms with Crippen LogP contribution in [0, 0.1) is 24.4 Å². The summed E-state index contributed by atoms with van der Waals surface area (Å²) in [4.78, 5) is 0. The molecule has 1 atom stereocenters. The Balaban J connectivity index is 2.35. The Morgan fingerprint density at radius 3 is 2.40 bits per heavy atom. The first-order valence-corrected chi connectivity index (χ1v) is 6.29. The fourth-order valence-corrected chi connectivity index (χ4v) is 2.13. The Labute approximate surface area is 116 Å². The third-order valence-electron chi connectivity index (χ3n) is 3.42. The van der Waals surface area contributed by atoms with Gasteiger partial charge in [0.25, 0.3) is 0 Å². The molecule has 2 rings (SSSR count). The van der Waals surface area contributed by atoms with E-state index in [-0.39, 0.29) is 17.8 Å². The highest BCUT2D eigenvalue weighted by molar-refractivity contribution is 5.31. The van der Waals surface area contributed by atoms with Crippen LogP contribution in [0.5, 0.6) is 0 Å². The number of benzene rings is 2. The number of halogens is 3. The molecule has 0 saturated carbocycles. The number of nitrogens with two attached hydrogens (primary N) is 1. The smallest absolute Gasteiger partial charge is 0.162 e. The second-order valence-electron chi connectivity index (χ2n) is 5.27. The fourth-order valence-electron chi connectivity index (χ4n) is 2.13. The third kappa shape index (κ3) is 2.85. The van der Waals surface area contributed by atoms with Crippen LogP contribution in [-0.2, 0) is 12.0 Å². The zero-order valence-electron chi connectivity index (χ0n) is 11.4. The van der Waals surface area contributed by atoms with Crippen molar-refractivity contribution in [2.24, 2.45) is 5.73 Å². The highest BCUT2D eigenvalue weighted by atomic mass is 19.2. The Kier molecular flexibility index (Phi) is 3.86. The van der Waals surface area contributed by atoms with Gasteiger partial charge in [0.1, 0.15) is 5.82 Å². The standard InChI is InChI=1S/C16H16F3N/c1-10-6-7-12(8-14(10)18)16(2,20)9-11-4-3-5-13(17)15(11)19/h3-8H,9,20H2,1-2H3. The number of rotatable bonds is 3. The Morgan fingerprint density at radius 2 is 1.75 bits per heavy atom. The van der Waals surface area contributed by atoms with Crippen molar-refractivity contribution in [3.05, 3.63) is 70.5 Å². The van der Waals surface area contributed by atoms with Crippen molar-refractivity contribution in [2.75, 3.05) is 0 Å². The molecule has 0 spiro atoms. The van der Waals surface area contributed by atoms with Gasteiger partial charge in [-0.05, 0) is 49.1 Å². The molecule has 4 heteroatoms. The molecule has 1 unspecified atom stereocenters. The van der Waals surface area contributed by atoms with Crippen LogP contribution in [0.1, 0.15) is 23.6 Å². The molecule has 2 N–H and O–H groups in total. The van der Waals surface area contributed by atoms with E-state index in [0.29, 0.717) is 11.1 Å². The van der Waals surface area contributed by atoms with Crippen LogP contribution < -0.4 is 5.73 Å². The monoisotopic (exact) mass is 279 g/mol. The molecule has 0 heterocycles. The van der Waals surface area contributed by atoms with Gasteiger partial charge in [-0.3, -0.25) is 0 Å². The lowest BCUT2D eigenvalue weighted by atomic mass is 9.86.